The minimum absolute atomic E-state index is 0.0127. The van der Waals surface area contributed by atoms with Crippen LogP contribution in [0, 0.1) is 11.6 Å². The van der Waals surface area contributed by atoms with Crippen molar-refractivity contribution < 1.29 is 28.2 Å². The molecule has 2 aliphatic rings. The summed E-state index contributed by atoms with van der Waals surface area (Å²) in [5.41, 5.74) is -0.259. The average Bonchev–Trinajstić information content (AvgIpc) is 2.91. The predicted octanol–water partition coefficient (Wildman–Crippen LogP) is 1.58. The summed E-state index contributed by atoms with van der Waals surface area (Å²) in [7, 11) is 0. The Morgan fingerprint density at radius 1 is 1.22 bits per heavy atom. The van der Waals surface area contributed by atoms with E-state index in [1.165, 1.54) is 17.2 Å². The zero-order valence-corrected chi connectivity index (χ0v) is 12.0. The molecule has 2 heterocycles. The van der Waals surface area contributed by atoms with Gasteiger partial charge in [0.2, 0.25) is 0 Å². The highest BCUT2D eigenvalue weighted by molar-refractivity contribution is 5.92. The van der Waals surface area contributed by atoms with Gasteiger partial charge in [0.1, 0.15) is 17.7 Å². The molecule has 1 unspecified atom stereocenters. The third kappa shape index (κ3) is 2.89. The van der Waals surface area contributed by atoms with Crippen LogP contribution in [0.1, 0.15) is 6.42 Å². The number of hydrogen-bond acceptors (Lipinski definition) is 5. The minimum Gasteiger partial charge on any atom is -0.441 e. The molecular formula is C15H14F2N2O4. The van der Waals surface area contributed by atoms with Crippen molar-refractivity contribution in [1.82, 2.24) is 0 Å². The molecule has 1 atom stereocenters. The Morgan fingerprint density at radius 2 is 1.91 bits per heavy atom. The molecule has 0 spiro atoms. The smallest absolute Gasteiger partial charge is 0.414 e. The highest BCUT2D eigenvalue weighted by Gasteiger charge is 2.34. The van der Waals surface area contributed by atoms with Crippen LogP contribution < -0.4 is 9.80 Å². The van der Waals surface area contributed by atoms with Crippen LogP contribution in [0.5, 0.6) is 0 Å². The lowest BCUT2D eigenvalue weighted by Gasteiger charge is -2.24. The predicted molar refractivity (Wildman–Crippen MR) is 77.2 cm³/mol. The molecule has 1 aromatic rings. The van der Waals surface area contributed by atoms with E-state index in [-0.39, 0.29) is 36.7 Å². The monoisotopic (exact) mass is 324 g/mol. The third-order valence-electron chi connectivity index (χ3n) is 3.73. The van der Waals surface area contributed by atoms with Gasteiger partial charge in [0, 0.05) is 31.3 Å². The van der Waals surface area contributed by atoms with Crippen molar-refractivity contribution in [3.8, 4) is 0 Å². The van der Waals surface area contributed by atoms with Gasteiger partial charge in [-0.3, -0.25) is 9.69 Å². The SMILES string of the molecule is O=C1C=CN(c2cc(F)c(N3CC(CO)OC3=O)cc2F)CC1. The Balaban J connectivity index is 1.90. The van der Waals surface area contributed by atoms with Crippen LogP contribution >= 0.6 is 0 Å². The van der Waals surface area contributed by atoms with Gasteiger partial charge in [-0.25, -0.2) is 13.6 Å². The maximum atomic E-state index is 14.3. The first-order chi connectivity index (χ1) is 11.0. The molecule has 0 bridgehead atoms. The quantitative estimate of drug-likeness (QED) is 0.914. The fourth-order valence-corrected chi connectivity index (χ4v) is 2.53. The van der Waals surface area contributed by atoms with Crippen molar-refractivity contribution in [2.75, 3.05) is 29.5 Å². The van der Waals surface area contributed by atoms with Crippen molar-refractivity contribution in [3.63, 3.8) is 0 Å². The Morgan fingerprint density at radius 3 is 2.52 bits per heavy atom. The number of carbonyl (C=O) groups excluding carboxylic acids is 2. The first-order valence-electron chi connectivity index (χ1n) is 7.05. The van der Waals surface area contributed by atoms with Gasteiger partial charge in [-0.15, -0.1) is 0 Å². The second kappa shape index (κ2) is 5.96. The van der Waals surface area contributed by atoms with Crippen LogP contribution in [0.2, 0.25) is 0 Å². The van der Waals surface area contributed by atoms with E-state index in [1.54, 1.807) is 0 Å². The number of anilines is 2. The van der Waals surface area contributed by atoms with E-state index < -0.39 is 30.4 Å². The largest absolute Gasteiger partial charge is 0.441 e. The molecule has 1 aromatic carbocycles. The highest BCUT2D eigenvalue weighted by atomic mass is 19.1. The van der Waals surface area contributed by atoms with E-state index >= 15 is 0 Å². The molecular weight excluding hydrogens is 310 g/mol. The normalized spacial score (nSPS) is 21.1. The summed E-state index contributed by atoms with van der Waals surface area (Å²) in [5, 5.41) is 8.99. The number of nitrogens with zero attached hydrogens (tertiary/aromatic N) is 2. The molecule has 2 aliphatic heterocycles. The number of aliphatic hydroxyl groups is 1. The maximum Gasteiger partial charge on any atom is 0.414 e. The Bertz CT molecular complexity index is 692. The fourth-order valence-electron chi connectivity index (χ4n) is 2.53. The van der Waals surface area contributed by atoms with Crippen LogP contribution in [0.25, 0.3) is 0 Å². The van der Waals surface area contributed by atoms with E-state index in [2.05, 4.69) is 0 Å². The molecule has 1 fully saturated rings. The number of hydrogen-bond donors (Lipinski definition) is 1. The molecule has 1 saturated heterocycles. The van der Waals surface area contributed by atoms with E-state index in [0.717, 1.165) is 17.0 Å². The number of aliphatic hydroxyl groups excluding tert-OH is 1. The Labute approximate surface area is 130 Å². The standard InChI is InChI=1S/C15H14F2N2O4/c16-11-6-14(19-7-10(8-20)23-15(19)22)12(17)5-13(11)18-3-1-9(21)2-4-18/h1,3,5-6,10,20H,2,4,7-8H2. The summed E-state index contributed by atoms with van der Waals surface area (Å²) in [5.74, 6) is -1.59. The molecule has 6 nitrogen and oxygen atoms in total. The van der Waals surface area contributed by atoms with E-state index in [9.17, 15) is 18.4 Å². The lowest BCUT2D eigenvalue weighted by Crippen LogP contribution is -2.28. The van der Waals surface area contributed by atoms with Gasteiger partial charge in [0.25, 0.3) is 0 Å². The lowest BCUT2D eigenvalue weighted by molar-refractivity contribution is -0.114. The molecule has 23 heavy (non-hydrogen) atoms. The zero-order valence-electron chi connectivity index (χ0n) is 12.0. The highest BCUT2D eigenvalue weighted by Crippen LogP contribution is 2.31. The van der Waals surface area contributed by atoms with Gasteiger partial charge in [0.15, 0.2) is 5.78 Å². The molecule has 1 N–H and O–H groups in total. The van der Waals surface area contributed by atoms with E-state index in [1.807, 2.05) is 0 Å². The summed E-state index contributed by atoms with van der Waals surface area (Å²) in [6, 6.07) is 1.89. The average molecular weight is 324 g/mol. The minimum atomic E-state index is -0.835. The van der Waals surface area contributed by atoms with Gasteiger partial charge < -0.3 is 14.7 Å². The van der Waals surface area contributed by atoms with Crippen LogP contribution in [-0.4, -0.2) is 42.8 Å². The molecule has 122 valence electrons. The van der Waals surface area contributed by atoms with Crippen molar-refractivity contribution in [2.45, 2.75) is 12.5 Å². The number of cyclic esters (lactones) is 1. The summed E-state index contributed by atoms with van der Waals surface area (Å²) >= 11 is 0. The van der Waals surface area contributed by atoms with Crippen molar-refractivity contribution >= 4 is 23.3 Å². The summed E-state index contributed by atoms with van der Waals surface area (Å²) in [4.78, 5) is 25.2. The molecule has 3 rings (SSSR count). The second-order valence-corrected chi connectivity index (χ2v) is 5.28. The first-order valence-corrected chi connectivity index (χ1v) is 7.05. The van der Waals surface area contributed by atoms with Crippen LogP contribution in [0.15, 0.2) is 24.4 Å². The first kappa shape index (κ1) is 15.4. The topological polar surface area (TPSA) is 70.1 Å². The molecule has 0 aromatic heterocycles. The van der Waals surface area contributed by atoms with Gasteiger partial charge in [-0.1, -0.05) is 0 Å². The van der Waals surface area contributed by atoms with Crippen LogP contribution in [-0.2, 0) is 9.53 Å². The number of carbonyl (C=O) groups is 2. The lowest BCUT2D eigenvalue weighted by atomic mass is 10.1. The summed E-state index contributed by atoms with van der Waals surface area (Å²) < 4.78 is 33.5. The number of ether oxygens (including phenoxy) is 1. The fraction of sp³-hybridized carbons (Fsp3) is 0.333. The molecule has 0 radical (unpaired) electrons. The van der Waals surface area contributed by atoms with Crippen LogP contribution in [0.3, 0.4) is 0 Å². The number of ketones is 1. The zero-order chi connectivity index (χ0) is 16.6. The molecule has 0 saturated carbocycles. The second-order valence-electron chi connectivity index (χ2n) is 5.28. The molecule has 8 heteroatoms. The number of rotatable bonds is 3. The number of benzene rings is 1. The molecule has 1 amide bonds. The van der Waals surface area contributed by atoms with Gasteiger partial charge in [0.05, 0.1) is 24.5 Å². The van der Waals surface area contributed by atoms with Gasteiger partial charge >= 0.3 is 6.09 Å². The molecule has 0 aliphatic carbocycles. The number of amides is 1. The summed E-state index contributed by atoms with van der Waals surface area (Å²) in [6.07, 6.45) is 1.32. The number of halogens is 2. The number of allylic oxidation sites excluding steroid dienone is 1. The maximum absolute atomic E-state index is 14.3. The summed E-state index contributed by atoms with van der Waals surface area (Å²) in [6.45, 7) is -0.191. The van der Waals surface area contributed by atoms with Gasteiger partial charge in [-0.2, -0.15) is 0 Å². The van der Waals surface area contributed by atoms with Crippen LogP contribution in [0.4, 0.5) is 25.0 Å². The Kier molecular flexibility index (Phi) is 3.99. The third-order valence-corrected chi connectivity index (χ3v) is 3.73. The van der Waals surface area contributed by atoms with E-state index in [0.29, 0.717) is 0 Å². The van der Waals surface area contributed by atoms with Crippen molar-refractivity contribution in [3.05, 3.63) is 36.0 Å². The van der Waals surface area contributed by atoms with Crippen molar-refractivity contribution in [2.24, 2.45) is 0 Å². The van der Waals surface area contributed by atoms with Gasteiger partial charge in [-0.05, 0) is 6.08 Å². The Hall–Kier alpha value is -2.48. The van der Waals surface area contributed by atoms with E-state index in [4.69, 9.17) is 9.84 Å². The van der Waals surface area contributed by atoms with Crippen molar-refractivity contribution in [1.29, 1.82) is 0 Å².